The lowest BCUT2D eigenvalue weighted by Crippen LogP contribution is -1.83. The molecule has 4 heterocycles. The van der Waals surface area contributed by atoms with Crippen molar-refractivity contribution in [3.05, 3.63) is 58.3 Å². The fourth-order valence-corrected chi connectivity index (χ4v) is 9.74. The van der Waals surface area contributed by atoms with Gasteiger partial charge in [0.1, 0.15) is 0 Å². The molecule has 4 aromatic heterocycles. The van der Waals surface area contributed by atoms with Crippen LogP contribution in [0.5, 0.6) is 0 Å². The van der Waals surface area contributed by atoms with Gasteiger partial charge in [-0.15, -0.1) is 45.3 Å². The van der Waals surface area contributed by atoms with Gasteiger partial charge in [0.25, 0.3) is 0 Å². The van der Waals surface area contributed by atoms with Crippen LogP contribution >= 0.6 is 45.3 Å². The Kier molecular flexibility index (Phi) is 14.6. The largest absolute Gasteiger partial charge is 0.139 e. The zero-order chi connectivity index (χ0) is 27.8. The number of rotatable bonds is 21. The summed E-state index contributed by atoms with van der Waals surface area (Å²) in [6.45, 7) is 4.59. The minimum Gasteiger partial charge on any atom is -0.139 e. The summed E-state index contributed by atoms with van der Waals surface area (Å²) in [5.74, 6) is 0. The number of unbranched alkanes of at least 4 members (excludes halogenated alkanes) is 14. The van der Waals surface area contributed by atoms with E-state index in [-0.39, 0.29) is 0 Å². The van der Waals surface area contributed by atoms with E-state index in [0.717, 1.165) is 0 Å². The average Bonchev–Trinajstić information content (AvgIpc) is 3.78. The molecule has 0 atom stereocenters. The van der Waals surface area contributed by atoms with Gasteiger partial charge in [-0.1, -0.05) is 104 Å². The second-order valence-corrected chi connectivity index (χ2v) is 15.8. The molecule has 0 saturated heterocycles. The summed E-state index contributed by atoms with van der Waals surface area (Å²) in [4.78, 5) is 11.6. The second-order valence-electron chi connectivity index (χ2n) is 11.3. The Balaban J connectivity index is 1.20. The molecule has 0 N–H and O–H groups in total. The maximum Gasteiger partial charge on any atom is 0.0449 e. The molecule has 0 spiro atoms. The average molecular weight is 611 g/mol. The van der Waals surface area contributed by atoms with Crippen molar-refractivity contribution in [3.8, 4) is 29.3 Å². The van der Waals surface area contributed by atoms with Crippen LogP contribution in [0.2, 0.25) is 0 Å². The maximum atomic E-state index is 2.37. The summed E-state index contributed by atoms with van der Waals surface area (Å²) >= 11 is 7.91. The van der Waals surface area contributed by atoms with Crippen molar-refractivity contribution >= 4 is 45.3 Å². The van der Waals surface area contributed by atoms with Gasteiger partial charge in [0.05, 0.1) is 0 Å². The summed E-state index contributed by atoms with van der Waals surface area (Å²) in [5.41, 5.74) is 0. The Hall–Kier alpha value is -1.20. The van der Waals surface area contributed by atoms with Gasteiger partial charge in [-0.05, 0) is 74.2 Å². The molecular weight excluding hydrogens is 561 g/mol. The van der Waals surface area contributed by atoms with Crippen LogP contribution in [-0.2, 0) is 12.8 Å². The van der Waals surface area contributed by atoms with Crippen molar-refractivity contribution in [2.45, 2.75) is 129 Å². The summed E-state index contributed by atoms with van der Waals surface area (Å²) in [6, 6.07) is 18.7. The summed E-state index contributed by atoms with van der Waals surface area (Å²) in [6.07, 6.45) is 24.8. The molecule has 0 aliphatic heterocycles. The fourth-order valence-electron chi connectivity index (χ4n) is 5.36. The van der Waals surface area contributed by atoms with Crippen LogP contribution in [0.1, 0.15) is 126 Å². The van der Waals surface area contributed by atoms with E-state index in [1.165, 1.54) is 145 Å². The lowest BCUT2D eigenvalue weighted by Gasteiger charge is -2.00. The quantitative estimate of drug-likeness (QED) is 0.0823. The standard InChI is InChI=1S/C36H50S4/c1-3-5-7-9-11-13-15-17-19-29-21-23-31(37-29)33-25-27-35(39-33)36-28-26-34(40-36)32-24-22-30(38-32)20-18-16-14-12-10-8-6-4-2/h21-28H,3-20H2,1-2H3. The van der Waals surface area contributed by atoms with Crippen LogP contribution < -0.4 is 0 Å². The van der Waals surface area contributed by atoms with E-state index < -0.39 is 0 Å². The molecule has 40 heavy (non-hydrogen) atoms. The normalized spacial score (nSPS) is 11.6. The highest BCUT2D eigenvalue weighted by Crippen LogP contribution is 2.43. The number of aryl methyl sites for hydroxylation is 2. The van der Waals surface area contributed by atoms with E-state index >= 15 is 0 Å². The van der Waals surface area contributed by atoms with Gasteiger partial charge in [-0.25, -0.2) is 0 Å². The van der Waals surface area contributed by atoms with Crippen LogP contribution in [0.15, 0.2) is 48.5 Å². The van der Waals surface area contributed by atoms with Gasteiger partial charge in [0.15, 0.2) is 0 Å². The predicted octanol–water partition coefficient (Wildman–Crippen LogP) is 14.3. The lowest BCUT2D eigenvalue weighted by molar-refractivity contribution is 0.576. The van der Waals surface area contributed by atoms with Crippen LogP contribution in [-0.4, -0.2) is 0 Å². The third-order valence-corrected chi connectivity index (χ3v) is 12.9. The smallest absolute Gasteiger partial charge is 0.0449 e. The Labute approximate surface area is 260 Å². The van der Waals surface area contributed by atoms with Gasteiger partial charge in [0.2, 0.25) is 0 Å². The van der Waals surface area contributed by atoms with E-state index in [1.807, 2.05) is 45.3 Å². The first-order valence-corrected chi connectivity index (χ1v) is 19.4. The Morgan fingerprint density at radius 1 is 0.325 bits per heavy atom. The van der Waals surface area contributed by atoms with Crippen molar-refractivity contribution in [2.24, 2.45) is 0 Å². The van der Waals surface area contributed by atoms with Crippen LogP contribution in [0.25, 0.3) is 29.3 Å². The van der Waals surface area contributed by atoms with E-state index in [0.29, 0.717) is 0 Å². The highest BCUT2D eigenvalue weighted by atomic mass is 32.1. The van der Waals surface area contributed by atoms with Crippen molar-refractivity contribution in [2.75, 3.05) is 0 Å². The van der Waals surface area contributed by atoms with E-state index in [1.54, 1.807) is 9.75 Å². The second kappa shape index (κ2) is 18.4. The van der Waals surface area contributed by atoms with Crippen LogP contribution in [0, 0.1) is 0 Å². The zero-order valence-electron chi connectivity index (χ0n) is 25.0. The van der Waals surface area contributed by atoms with Crippen molar-refractivity contribution in [3.63, 3.8) is 0 Å². The van der Waals surface area contributed by atoms with Crippen LogP contribution in [0.3, 0.4) is 0 Å². The summed E-state index contributed by atoms with van der Waals surface area (Å²) < 4.78 is 0. The van der Waals surface area contributed by atoms with Crippen LogP contribution in [0.4, 0.5) is 0 Å². The van der Waals surface area contributed by atoms with E-state index in [4.69, 9.17) is 0 Å². The molecule has 0 aliphatic rings. The zero-order valence-corrected chi connectivity index (χ0v) is 28.2. The molecular formula is C36H50S4. The first-order chi connectivity index (χ1) is 19.8. The highest BCUT2D eigenvalue weighted by molar-refractivity contribution is 7.28. The Bertz CT molecular complexity index is 1110. The number of hydrogen-bond donors (Lipinski definition) is 0. The minimum absolute atomic E-state index is 1.24. The Morgan fingerprint density at radius 2 is 0.600 bits per heavy atom. The number of hydrogen-bond acceptors (Lipinski definition) is 4. The summed E-state index contributed by atoms with van der Waals surface area (Å²) in [5, 5.41) is 0. The summed E-state index contributed by atoms with van der Waals surface area (Å²) in [7, 11) is 0. The third kappa shape index (κ3) is 10.6. The molecule has 0 fully saturated rings. The van der Waals surface area contributed by atoms with Gasteiger partial charge in [-0.2, -0.15) is 0 Å². The molecule has 0 aliphatic carbocycles. The molecule has 4 rings (SSSR count). The molecule has 0 amide bonds. The van der Waals surface area contributed by atoms with Crippen molar-refractivity contribution in [1.29, 1.82) is 0 Å². The Morgan fingerprint density at radius 3 is 0.950 bits per heavy atom. The van der Waals surface area contributed by atoms with Gasteiger partial charge < -0.3 is 0 Å². The molecule has 0 radical (unpaired) electrons. The third-order valence-electron chi connectivity index (χ3n) is 7.82. The highest BCUT2D eigenvalue weighted by Gasteiger charge is 2.12. The molecule has 0 unspecified atom stereocenters. The van der Waals surface area contributed by atoms with Crippen molar-refractivity contribution < 1.29 is 0 Å². The molecule has 0 saturated carbocycles. The van der Waals surface area contributed by atoms with Gasteiger partial charge in [0, 0.05) is 39.0 Å². The van der Waals surface area contributed by atoms with E-state index in [9.17, 15) is 0 Å². The molecule has 0 nitrogen and oxygen atoms in total. The van der Waals surface area contributed by atoms with Crippen molar-refractivity contribution in [1.82, 2.24) is 0 Å². The monoisotopic (exact) mass is 610 g/mol. The minimum atomic E-state index is 1.24. The topological polar surface area (TPSA) is 0 Å². The number of thiophene rings is 4. The SMILES string of the molecule is CCCCCCCCCCc1ccc(-c2ccc(-c3ccc(-c4ccc(CCCCCCCCCC)s4)s3)s2)s1. The van der Waals surface area contributed by atoms with Gasteiger partial charge >= 0.3 is 0 Å². The first-order valence-electron chi connectivity index (χ1n) is 16.1. The van der Waals surface area contributed by atoms with E-state index in [2.05, 4.69) is 62.4 Å². The predicted molar refractivity (Wildman–Crippen MR) is 187 cm³/mol. The fraction of sp³-hybridized carbons (Fsp3) is 0.556. The first kappa shape index (κ1) is 31.7. The molecule has 4 heteroatoms. The maximum absolute atomic E-state index is 2.37. The van der Waals surface area contributed by atoms with Gasteiger partial charge in [-0.3, -0.25) is 0 Å². The lowest BCUT2D eigenvalue weighted by atomic mass is 10.1. The molecule has 4 aromatic rings. The molecule has 0 bridgehead atoms. The molecule has 0 aromatic carbocycles. The molecule has 218 valence electrons.